The first-order valence-electron chi connectivity index (χ1n) is 6.47. The van der Waals surface area contributed by atoms with Crippen molar-refractivity contribution in [1.82, 2.24) is 0 Å². The molecule has 2 atom stereocenters. The summed E-state index contributed by atoms with van der Waals surface area (Å²) in [5, 5.41) is 0. The number of hydrogen-bond acceptors (Lipinski definition) is 1. The highest BCUT2D eigenvalue weighted by atomic mass is 127. The van der Waals surface area contributed by atoms with Gasteiger partial charge in [-0.25, -0.2) is 0 Å². The molecule has 0 aromatic heterocycles. The summed E-state index contributed by atoms with van der Waals surface area (Å²) >= 11 is 6.07. The zero-order valence-electron chi connectivity index (χ0n) is 11.2. The second-order valence-corrected chi connectivity index (χ2v) is 9.34. The van der Waals surface area contributed by atoms with E-state index in [0.717, 1.165) is 17.0 Å². The van der Waals surface area contributed by atoms with E-state index in [-0.39, 0.29) is 3.42 Å². The van der Waals surface area contributed by atoms with Crippen LogP contribution in [0.25, 0.3) is 0 Å². The highest BCUT2D eigenvalue weighted by Gasteiger charge is 2.27. The first-order valence-corrected chi connectivity index (χ1v) is 8.34. The number of alkyl halides is 1. The van der Waals surface area contributed by atoms with E-state index in [0.29, 0.717) is 6.10 Å². The highest BCUT2D eigenvalue weighted by Crippen LogP contribution is 2.34. The van der Waals surface area contributed by atoms with Crippen LogP contribution in [0.3, 0.4) is 0 Å². The molecule has 100 valence electrons. The lowest BCUT2D eigenvalue weighted by atomic mass is 9.83. The standard InChI is InChI=1S/C15H20BrIO/c1-10-4-5-14(10)18-9-11-6-12(15(2,3)17)8-13(16)7-11/h6-8,10,14H,4-5,9H2,1-3H3/t10-,14-/m1/s1. The van der Waals surface area contributed by atoms with Gasteiger partial charge in [0, 0.05) is 7.89 Å². The predicted molar refractivity (Wildman–Crippen MR) is 88.2 cm³/mol. The SMILES string of the molecule is C[C@@H]1CC[C@H]1OCc1cc(Br)cc(C(C)(C)I)c1. The van der Waals surface area contributed by atoms with Crippen molar-refractivity contribution >= 4 is 38.5 Å². The molecular weight excluding hydrogens is 403 g/mol. The lowest BCUT2D eigenvalue weighted by molar-refractivity contribution is -0.0489. The molecule has 18 heavy (non-hydrogen) atoms. The molecule has 0 unspecified atom stereocenters. The summed E-state index contributed by atoms with van der Waals surface area (Å²) in [5.41, 5.74) is 2.61. The molecule has 1 aromatic rings. The fourth-order valence-corrected chi connectivity index (χ4v) is 3.02. The molecule has 0 radical (unpaired) electrons. The van der Waals surface area contributed by atoms with E-state index in [1.807, 2.05) is 0 Å². The molecule has 2 rings (SSSR count). The third-order valence-corrected chi connectivity index (χ3v) is 4.73. The Balaban J connectivity index is 2.06. The van der Waals surface area contributed by atoms with Gasteiger partial charge in [-0.15, -0.1) is 0 Å². The van der Waals surface area contributed by atoms with E-state index in [1.165, 1.54) is 24.0 Å². The summed E-state index contributed by atoms with van der Waals surface area (Å²) in [6.45, 7) is 7.46. The highest BCUT2D eigenvalue weighted by molar-refractivity contribution is 14.1. The molecule has 3 heteroatoms. The van der Waals surface area contributed by atoms with Crippen LogP contribution in [0.4, 0.5) is 0 Å². The van der Waals surface area contributed by atoms with E-state index in [2.05, 4.69) is 77.5 Å². The first kappa shape index (κ1) is 14.8. The molecule has 1 nitrogen and oxygen atoms in total. The molecule has 1 fully saturated rings. The van der Waals surface area contributed by atoms with Gasteiger partial charge in [-0.2, -0.15) is 0 Å². The van der Waals surface area contributed by atoms with Gasteiger partial charge in [0.05, 0.1) is 12.7 Å². The van der Waals surface area contributed by atoms with Gasteiger partial charge >= 0.3 is 0 Å². The van der Waals surface area contributed by atoms with Crippen molar-refractivity contribution in [2.75, 3.05) is 0 Å². The molecule has 0 heterocycles. The van der Waals surface area contributed by atoms with Gasteiger partial charge < -0.3 is 4.74 Å². The van der Waals surface area contributed by atoms with Gasteiger partial charge in [-0.3, -0.25) is 0 Å². The third kappa shape index (κ3) is 3.70. The summed E-state index contributed by atoms with van der Waals surface area (Å²) < 4.78 is 7.27. The average molecular weight is 423 g/mol. The lowest BCUT2D eigenvalue weighted by Crippen LogP contribution is -2.31. The second kappa shape index (κ2) is 5.80. The monoisotopic (exact) mass is 422 g/mol. The van der Waals surface area contributed by atoms with Gasteiger partial charge in [0.2, 0.25) is 0 Å². The van der Waals surface area contributed by atoms with Crippen LogP contribution in [-0.2, 0) is 14.8 Å². The van der Waals surface area contributed by atoms with Gasteiger partial charge in [0.25, 0.3) is 0 Å². The number of ether oxygens (including phenoxy) is 1. The summed E-state index contributed by atoms with van der Waals surface area (Å²) in [6, 6.07) is 6.62. The van der Waals surface area contributed by atoms with E-state index in [9.17, 15) is 0 Å². The molecule has 0 spiro atoms. The van der Waals surface area contributed by atoms with Crippen LogP contribution in [-0.4, -0.2) is 6.10 Å². The normalized spacial score (nSPS) is 23.8. The molecule has 1 aromatic carbocycles. The van der Waals surface area contributed by atoms with Crippen LogP contribution in [0.1, 0.15) is 44.7 Å². The van der Waals surface area contributed by atoms with Gasteiger partial charge in [0.1, 0.15) is 0 Å². The molecule has 0 saturated heterocycles. The largest absolute Gasteiger partial charge is 0.373 e. The van der Waals surface area contributed by atoms with Crippen molar-refractivity contribution in [2.45, 2.75) is 49.7 Å². The predicted octanol–water partition coefficient (Wildman–Crippen LogP) is 5.43. The quantitative estimate of drug-likeness (QED) is 0.464. The summed E-state index contributed by atoms with van der Waals surface area (Å²) in [6.07, 6.45) is 3.01. The molecule has 1 aliphatic carbocycles. The van der Waals surface area contributed by atoms with Gasteiger partial charge in [-0.1, -0.05) is 51.5 Å². The van der Waals surface area contributed by atoms with Crippen LogP contribution in [0.15, 0.2) is 22.7 Å². The molecule has 0 N–H and O–H groups in total. The van der Waals surface area contributed by atoms with Crippen LogP contribution in [0, 0.1) is 5.92 Å². The number of halogens is 2. The Morgan fingerprint density at radius 1 is 1.33 bits per heavy atom. The summed E-state index contributed by atoms with van der Waals surface area (Å²) in [4.78, 5) is 0. The van der Waals surface area contributed by atoms with Crippen molar-refractivity contribution in [3.8, 4) is 0 Å². The van der Waals surface area contributed by atoms with E-state index < -0.39 is 0 Å². The number of rotatable bonds is 4. The summed E-state index contributed by atoms with van der Waals surface area (Å²) in [5.74, 6) is 0.734. The Morgan fingerprint density at radius 3 is 2.56 bits per heavy atom. The maximum atomic E-state index is 5.98. The van der Waals surface area contributed by atoms with E-state index in [4.69, 9.17) is 4.74 Å². The van der Waals surface area contributed by atoms with E-state index in [1.54, 1.807) is 0 Å². The maximum Gasteiger partial charge on any atom is 0.0721 e. The van der Waals surface area contributed by atoms with Crippen molar-refractivity contribution in [2.24, 2.45) is 5.92 Å². The molecular formula is C15H20BrIO. The Bertz CT molecular complexity index is 425. The van der Waals surface area contributed by atoms with Crippen LogP contribution >= 0.6 is 38.5 Å². The number of hydrogen-bond donors (Lipinski definition) is 0. The molecule has 0 aliphatic heterocycles. The molecule has 0 amide bonds. The smallest absolute Gasteiger partial charge is 0.0721 e. The summed E-state index contributed by atoms with van der Waals surface area (Å²) in [7, 11) is 0. The second-order valence-electron chi connectivity index (χ2n) is 5.72. The molecule has 1 saturated carbocycles. The third-order valence-electron chi connectivity index (χ3n) is 3.65. The Kier molecular flexibility index (Phi) is 4.76. The zero-order valence-corrected chi connectivity index (χ0v) is 14.9. The van der Waals surface area contributed by atoms with Gasteiger partial charge in [0.15, 0.2) is 0 Å². The lowest BCUT2D eigenvalue weighted by Gasteiger charge is -2.33. The maximum absolute atomic E-state index is 5.98. The molecule has 0 bridgehead atoms. The average Bonchev–Trinajstić information content (AvgIpc) is 2.25. The minimum absolute atomic E-state index is 0.153. The topological polar surface area (TPSA) is 9.23 Å². The van der Waals surface area contributed by atoms with Crippen molar-refractivity contribution in [3.63, 3.8) is 0 Å². The minimum atomic E-state index is 0.153. The van der Waals surface area contributed by atoms with Crippen LogP contribution in [0.2, 0.25) is 0 Å². The number of benzene rings is 1. The fourth-order valence-electron chi connectivity index (χ4n) is 2.16. The zero-order chi connectivity index (χ0) is 13.3. The van der Waals surface area contributed by atoms with Crippen molar-refractivity contribution in [3.05, 3.63) is 33.8 Å². The Morgan fingerprint density at radius 2 is 2.06 bits per heavy atom. The van der Waals surface area contributed by atoms with Crippen molar-refractivity contribution in [1.29, 1.82) is 0 Å². The molecule has 1 aliphatic rings. The van der Waals surface area contributed by atoms with Crippen LogP contribution in [0.5, 0.6) is 0 Å². The van der Waals surface area contributed by atoms with Crippen LogP contribution < -0.4 is 0 Å². The van der Waals surface area contributed by atoms with Crippen molar-refractivity contribution < 1.29 is 4.74 Å². The Labute approximate surface area is 132 Å². The Hall–Kier alpha value is 0.390. The van der Waals surface area contributed by atoms with Gasteiger partial charge in [-0.05, 0) is 55.9 Å². The fraction of sp³-hybridized carbons (Fsp3) is 0.600. The van der Waals surface area contributed by atoms with E-state index >= 15 is 0 Å². The first-order chi connectivity index (χ1) is 8.36. The minimum Gasteiger partial charge on any atom is -0.373 e.